The minimum Gasteiger partial charge on any atom is -0.327 e. The summed E-state index contributed by atoms with van der Waals surface area (Å²) in [5, 5.41) is 0. The van der Waals surface area contributed by atoms with Gasteiger partial charge in [0.05, 0.1) is 5.75 Å². The van der Waals surface area contributed by atoms with E-state index in [9.17, 15) is 8.42 Å². The highest BCUT2D eigenvalue weighted by Crippen LogP contribution is 2.25. The molecule has 1 aliphatic heterocycles. The first-order valence-electron chi connectivity index (χ1n) is 5.09. The summed E-state index contributed by atoms with van der Waals surface area (Å²) in [5.74, 6) is 3.06. The molecule has 3 nitrogen and oxygen atoms in total. The molecule has 14 heavy (non-hydrogen) atoms. The minimum absolute atomic E-state index is 0.205. The predicted molar refractivity (Wildman–Crippen MR) is 62.4 cm³/mol. The van der Waals surface area contributed by atoms with Crippen molar-refractivity contribution in [3.05, 3.63) is 0 Å². The molecule has 0 aromatic carbocycles. The van der Waals surface area contributed by atoms with Crippen molar-refractivity contribution in [2.75, 3.05) is 23.0 Å². The fourth-order valence-electron chi connectivity index (χ4n) is 1.66. The van der Waals surface area contributed by atoms with E-state index in [4.69, 9.17) is 5.73 Å². The second-order valence-corrected chi connectivity index (χ2v) is 7.28. The van der Waals surface area contributed by atoms with E-state index in [1.165, 1.54) is 0 Å². The van der Waals surface area contributed by atoms with E-state index in [1.807, 2.05) is 18.7 Å². The second-order valence-electron chi connectivity index (χ2n) is 3.90. The molecule has 0 aromatic rings. The van der Waals surface area contributed by atoms with Crippen molar-refractivity contribution in [3.8, 4) is 0 Å². The zero-order chi connectivity index (χ0) is 10.6. The Morgan fingerprint density at radius 3 is 2.57 bits per heavy atom. The average Bonchev–Trinajstić information content (AvgIpc) is 2.48. The number of nitrogens with two attached hydrogens (primary N) is 1. The van der Waals surface area contributed by atoms with Gasteiger partial charge >= 0.3 is 0 Å². The Morgan fingerprint density at radius 2 is 2.07 bits per heavy atom. The molecule has 1 aliphatic rings. The molecule has 5 heteroatoms. The van der Waals surface area contributed by atoms with Crippen LogP contribution in [0.15, 0.2) is 0 Å². The fraction of sp³-hybridized carbons (Fsp3) is 1.00. The molecule has 1 fully saturated rings. The molecule has 2 unspecified atom stereocenters. The van der Waals surface area contributed by atoms with E-state index in [0.717, 1.165) is 17.9 Å². The Balaban J connectivity index is 2.32. The molecule has 84 valence electrons. The van der Waals surface area contributed by atoms with Crippen LogP contribution >= 0.6 is 11.8 Å². The van der Waals surface area contributed by atoms with E-state index in [-0.39, 0.29) is 6.04 Å². The van der Waals surface area contributed by atoms with Crippen molar-refractivity contribution in [3.63, 3.8) is 0 Å². The van der Waals surface area contributed by atoms with Gasteiger partial charge in [0.25, 0.3) is 0 Å². The third-order valence-electron chi connectivity index (χ3n) is 2.56. The molecular weight excluding hydrogens is 218 g/mol. The number of hydrogen-bond acceptors (Lipinski definition) is 4. The van der Waals surface area contributed by atoms with Crippen LogP contribution in [0.2, 0.25) is 0 Å². The van der Waals surface area contributed by atoms with Gasteiger partial charge in [0.2, 0.25) is 0 Å². The molecule has 1 saturated heterocycles. The van der Waals surface area contributed by atoms with Crippen LogP contribution in [0.25, 0.3) is 0 Å². The zero-order valence-electron chi connectivity index (χ0n) is 8.61. The Labute approximate surface area is 90.7 Å². The molecule has 0 saturated carbocycles. The summed E-state index contributed by atoms with van der Waals surface area (Å²) in [4.78, 5) is 0. The van der Waals surface area contributed by atoms with Crippen LogP contribution in [0.3, 0.4) is 0 Å². The lowest BCUT2D eigenvalue weighted by molar-refractivity contribution is 0.497. The van der Waals surface area contributed by atoms with Crippen molar-refractivity contribution in [1.29, 1.82) is 0 Å². The quantitative estimate of drug-likeness (QED) is 0.771. The Bertz CT molecular complexity index is 264. The Kier molecular flexibility index (Phi) is 4.73. The standard InChI is InChI=1S/C9H19NO2S2/c1-2-4-14(11,12)5-3-8-6-13-7-9(8)10/h8-9H,2-7,10H2,1H3. The van der Waals surface area contributed by atoms with Crippen LogP contribution in [0.1, 0.15) is 19.8 Å². The van der Waals surface area contributed by atoms with Gasteiger partial charge in [-0.25, -0.2) is 8.42 Å². The van der Waals surface area contributed by atoms with E-state index < -0.39 is 9.84 Å². The van der Waals surface area contributed by atoms with Crippen LogP contribution in [-0.2, 0) is 9.84 Å². The van der Waals surface area contributed by atoms with Crippen molar-refractivity contribution in [2.24, 2.45) is 11.7 Å². The summed E-state index contributed by atoms with van der Waals surface area (Å²) in [6.45, 7) is 1.90. The predicted octanol–water partition coefficient (Wildman–Crippen LogP) is 0.892. The molecule has 1 heterocycles. The van der Waals surface area contributed by atoms with Crippen molar-refractivity contribution in [2.45, 2.75) is 25.8 Å². The van der Waals surface area contributed by atoms with E-state index in [2.05, 4.69) is 0 Å². The zero-order valence-corrected chi connectivity index (χ0v) is 10.2. The van der Waals surface area contributed by atoms with Crippen LogP contribution in [-0.4, -0.2) is 37.5 Å². The van der Waals surface area contributed by atoms with Gasteiger partial charge in [-0.3, -0.25) is 0 Å². The molecule has 1 rings (SSSR count). The third-order valence-corrected chi connectivity index (χ3v) is 5.73. The van der Waals surface area contributed by atoms with Gasteiger partial charge in [0.15, 0.2) is 0 Å². The van der Waals surface area contributed by atoms with E-state index in [1.54, 1.807) is 0 Å². The van der Waals surface area contributed by atoms with Gasteiger partial charge in [0.1, 0.15) is 9.84 Å². The van der Waals surface area contributed by atoms with Gasteiger partial charge in [-0.1, -0.05) is 6.92 Å². The van der Waals surface area contributed by atoms with Gasteiger partial charge < -0.3 is 5.73 Å². The molecule has 0 spiro atoms. The molecular formula is C9H19NO2S2. The summed E-state index contributed by atoms with van der Waals surface area (Å²) in [5.41, 5.74) is 5.87. The van der Waals surface area contributed by atoms with Gasteiger partial charge in [-0.15, -0.1) is 0 Å². The first-order chi connectivity index (χ1) is 6.55. The number of hydrogen-bond donors (Lipinski definition) is 1. The van der Waals surface area contributed by atoms with Crippen LogP contribution in [0.5, 0.6) is 0 Å². The fourth-order valence-corrected chi connectivity index (χ4v) is 4.54. The number of thioether (sulfide) groups is 1. The van der Waals surface area contributed by atoms with E-state index in [0.29, 0.717) is 23.8 Å². The average molecular weight is 237 g/mol. The Hall–Kier alpha value is 0.260. The first-order valence-corrected chi connectivity index (χ1v) is 8.06. The van der Waals surface area contributed by atoms with Gasteiger partial charge in [-0.2, -0.15) is 11.8 Å². The highest BCUT2D eigenvalue weighted by atomic mass is 32.2. The molecule has 2 N–H and O–H groups in total. The molecule has 2 atom stereocenters. The lowest BCUT2D eigenvalue weighted by Gasteiger charge is -2.13. The van der Waals surface area contributed by atoms with E-state index >= 15 is 0 Å². The molecule has 0 aromatic heterocycles. The maximum absolute atomic E-state index is 11.4. The summed E-state index contributed by atoms with van der Waals surface area (Å²) < 4.78 is 22.9. The molecule has 0 aliphatic carbocycles. The smallest absolute Gasteiger partial charge is 0.150 e. The minimum atomic E-state index is -2.81. The largest absolute Gasteiger partial charge is 0.327 e. The van der Waals surface area contributed by atoms with Crippen LogP contribution < -0.4 is 5.73 Å². The summed E-state index contributed by atoms with van der Waals surface area (Å²) >= 11 is 1.83. The summed E-state index contributed by atoms with van der Waals surface area (Å²) in [7, 11) is -2.81. The summed E-state index contributed by atoms with van der Waals surface area (Å²) in [6.07, 6.45) is 1.46. The second kappa shape index (κ2) is 5.37. The van der Waals surface area contributed by atoms with Crippen LogP contribution in [0, 0.1) is 5.92 Å². The van der Waals surface area contributed by atoms with Crippen LogP contribution in [0.4, 0.5) is 0 Å². The number of sulfone groups is 1. The third kappa shape index (κ3) is 3.79. The van der Waals surface area contributed by atoms with Crippen molar-refractivity contribution >= 4 is 21.6 Å². The summed E-state index contributed by atoms with van der Waals surface area (Å²) in [6, 6.07) is 0.205. The van der Waals surface area contributed by atoms with Crippen molar-refractivity contribution < 1.29 is 8.42 Å². The Morgan fingerprint density at radius 1 is 1.36 bits per heavy atom. The molecule has 0 amide bonds. The first kappa shape index (κ1) is 12.3. The normalized spacial score (nSPS) is 28.1. The molecule has 0 bridgehead atoms. The lowest BCUT2D eigenvalue weighted by atomic mass is 10.0. The monoisotopic (exact) mass is 237 g/mol. The highest BCUT2D eigenvalue weighted by Gasteiger charge is 2.25. The van der Waals surface area contributed by atoms with Gasteiger partial charge in [-0.05, 0) is 24.5 Å². The topological polar surface area (TPSA) is 60.2 Å². The maximum Gasteiger partial charge on any atom is 0.150 e. The highest BCUT2D eigenvalue weighted by molar-refractivity contribution is 7.99. The SMILES string of the molecule is CCCS(=O)(=O)CCC1CSCC1N. The maximum atomic E-state index is 11.4. The van der Waals surface area contributed by atoms with Crippen molar-refractivity contribution in [1.82, 2.24) is 0 Å². The molecule has 0 radical (unpaired) electrons. The lowest BCUT2D eigenvalue weighted by Crippen LogP contribution is -2.30. The number of rotatable bonds is 5. The van der Waals surface area contributed by atoms with Gasteiger partial charge in [0, 0.05) is 17.5 Å².